The summed E-state index contributed by atoms with van der Waals surface area (Å²) in [5, 5.41) is 11.7. The smallest absolute Gasteiger partial charge is 0.244 e. The molecule has 2 heterocycles. The van der Waals surface area contributed by atoms with Crippen LogP contribution in [0.25, 0.3) is 0 Å². The van der Waals surface area contributed by atoms with E-state index in [1.54, 1.807) is 12.1 Å². The Balaban J connectivity index is 1.54. The van der Waals surface area contributed by atoms with Gasteiger partial charge in [-0.15, -0.1) is 0 Å². The Kier molecular flexibility index (Phi) is 5.86. The Morgan fingerprint density at radius 1 is 1.19 bits per heavy atom. The van der Waals surface area contributed by atoms with Crippen molar-refractivity contribution < 1.29 is 9.59 Å². The molecule has 7 heteroatoms. The Hall–Kier alpha value is -2.43. The number of nitrogens with one attached hydrogen (secondary N) is 1. The minimum absolute atomic E-state index is 0.0601. The standard InChI is InChI=1S/C19H25N5O2/c1-2-21-18(25)14-22-9-11-23(12-10-22)17-7-8-24(19(17)26)16-5-3-15(13-20)4-6-16/h3-6,17H,2,7-12,14H2,1H3,(H,21,25). The number of nitrogens with zero attached hydrogens (tertiary/aromatic N) is 4. The van der Waals surface area contributed by atoms with Crippen molar-refractivity contribution in [3.63, 3.8) is 0 Å². The second-order valence-electron chi connectivity index (χ2n) is 6.72. The van der Waals surface area contributed by atoms with Gasteiger partial charge in [0.05, 0.1) is 24.2 Å². The maximum atomic E-state index is 12.8. The van der Waals surface area contributed by atoms with Gasteiger partial charge in [0, 0.05) is 45.0 Å². The zero-order chi connectivity index (χ0) is 18.5. The molecule has 2 saturated heterocycles. The number of amides is 2. The molecule has 2 aliphatic rings. The van der Waals surface area contributed by atoms with Crippen LogP contribution in [0.15, 0.2) is 24.3 Å². The molecular weight excluding hydrogens is 330 g/mol. The molecule has 2 fully saturated rings. The maximum Gasteiger partial charge on any atom is 0.244 e. The third kappa shape index (κ3) is 4.03. The molecule has 0 aliphatic carbocycles. The summed E-state index contributed by atoms with van der Waals surface area (Å²) in [6.07, 6.45) is 0.815. The first-order valence-corrected chi connectivity index (χ1v) is 9.17. The van der Waals surface area contributed by atoms with E-state index < -0.39 is 0 Å². The number of likely N-dealkylation sites (N-methyl/N-ethyl adjacent to an activating group) is 1. The van der Waals surface area contributed by atoms with E-state index in [-0.39, 0.29) is 17.9 Å². The van der Waals surface area contributed by atoms with Crippen molar-refractivity contribution in [1.82, 2.24) is 15.1 Å². The number of rotatable bonds is 5. The highest BCUT2D eigenvalue weighted by molar-refractivity contribution is 5.99. The van der Waals surface area contributed by atoms with Crippen LogP contribution in [0.4, 0.5) is 5.69 Å². The fourth-order valence-corrected chi connectivity index (χ4v) is 3.67. The molecule has 0 aromatic heterocycles. The van der Waals surface area contributed by atoms with Gasteiger partial charge in [-0.1, -0.05) is 0 Å². The molecule has 1 N–H and O–H groups in total. The average molecular weight is 355 g/mol. The number of piperazine rings is 1. The molecule has 0 radical (unpaired) electrons. The fraction of sp³-hybridized carbons (Fsp3) is 0.526. The SMILES string of the molecule is CCNC(=O)CN1CCN(C2CCN(c3ccc(C#N)cc3)C2=O)CC1. The lowest BCUT2D eigenvalue weighted by Crippen LogP contribution is -2.54. The minimum atomic E-state index is -0.0859. The zero-order valence-corrected chi connectivity index (χ0v) is 15.1. The van der Waals surface area contributed by atoms with E-state index in [2.05, 4.69) is 21.2 Å². The van der Waals surface area contributed by atoms with Crippen LogP contribution in [0, 0.1) is 11.3 Å². The van der Waals surface area contributed by atoms with Crippen molar-refractivity contribution in [2.24, 2.45) is 0 Å². The van der Waals surface area contributed by atoms with E-state index in [1.807, 2.05) is 24.0 Å². The lowest BCUT2D eigenvalue weighted by molar-refractivity contribution is -0.125. The topological polar surface area (TPSA) is 79.7 Å². The summed E-state index contributed by atoms with van der Waals surface area (Å²) in [5.41, 5.74) is 1.45. The van der Waals surface area contributed by atoms with E-state index in [1.165, 1.54) is 0 Å². The summed E-state index contributed by atoms with van der Waals surface area (Å²) in [7, 11) is 0. The van der Waals surface area contributed by atoms with Crippen molar-refractivity contribution in [1.29, 1.82) is 5.26 Å². The van der Waals surface area contributed by atoms with E-state index in [4.69, 9.17) is 5.26 Å². The van der Waals surface area contributed by atoms with Gasteiger partial charge in [-0.2, -0.15) is 5.26 Å². The predicted molar refractivity (Wildman–Crippen MR) is 98.6 cm³/mol. The third-order valence-electron chi connectivity index (χ3n) is 5.07. The molecule has 0 bridgehead atoms. The Morgan fingerprint density at radius 2 is 1.88 bits per heavy atom. The largest absolute Gasteiger partial charge is 0.355 e. The van der Waals surface area contributed by atoms with Gasteiger partial charge in [0.2, 0.25) is 11.8 Å². The van der Waals surface area contributed by atoms with Crippen LogP contribution in [-0.4, -0.2) is 73.5 Å². The first-order chi connectivity index (χ1) is 12.6. The number of hydrogen-bond donors (Lipinski definition) is 1. The number of nitriles is 1. The maximum absolute atomic E-state index is 12.8. The average Bonchev–Trinajstić information content (AvgIpc) is 3.04. The molecule has 1 unspecified atom stereocenters. The summed E-state index contributed by atoms with van der Waals surface area (Å²) < 4.78 is 0. The third-order valence-corrected chi connectivity index (χ3v) is 5.07. The van der Waals surface area contributed by atoms with Crippen molar-refractivity contribution >= 4 is 17.5 Å². The number of benzene rings is 1. The summed E-state index contributed by atoms with van der Waals surface area (Å²) >= 11 is 0. The minimum Gasteiger partial charge on any atom is -0.355 e. The lowest BCUT2D eigenvalue weighted by Gasteiger charge is -2.36. The van der Waals surface area contributed by atoms with Gasteiger partial charge >= 0.3 is 0 Å². The van der Waals surface area contributed by atoms with E-state index in [9.17, 15) is 9.59 Å². The summed E-state index contributed by atoms with van der Waals surface area (Å²) in [4.78, 5) is 30.7. The second kappa shape index (κ2) is 8.30. The van der Waals surface area contributed by atoms with Crippen LogP contribution in [0.1, 0.15) is 18.9 Å². The highest BCUT2D eigenvalue weighted by atomic mass is 16.2. The van der Waals surface area contributed by atoms with Crippen molar-refractivity contribution in [2.45, 2.75) is 19.4 Å². The number of carbonyl (C=O) groups is 2. The van der Waals surface area contributed by atoms with E-state index in [0.29, 0.717) is 25.2 Å². The highest BCUT2D eigenvalue weighted by Crippen LogP contribution is 2.25. The molecule has 0 saturated carbocycles. The molecule has 1 aromatic carbocycles. The van der Waals surface area contributed by atoms with E-state index >= 15 is 0 Å². The van der Waals surface area contributed by atoms with Crippen LogP contribution < -0.4 is 10.2 Å². The van der Waals surface area contributed by atoms with Crippen molar-refractivity contribution in [2.75, 3.05) is 50.7 Å². The normalized spacial score (nSPS) is 21.6. The fourth-order valence-electron chi connectivity index (χ4n) is 3.67. The van der Waals surface area contributed by atoms with Crippen LogP contribution in [0.2, 0.25) is 0 Å². The summed E-state index contributed by atoms with van der Waals surface area (Å²) in [5.74, 6) is 0.191. The monoisotopic (exact) mass is 355 g/mol. The summed E-state index contributed by atoms with van der Waals surface area (Å²) in [6, 6.07) is 9.18. The van der Waals surface area contributed by atoms with Gasteiger partial charge in [-0.3, -0.25) is 19.4 Å². The van der Waals surface area contributed by atoms with E-state index in [0.717, 1.165) is 38.3 Å². The van der Waals surface area contributed by atoms with Gasteiger partial charge in [-0.25, -0.2) is 0 Å². The lowest BCUT2D eigenvalue weighted by atomic mass is 10.1. The molecule has 0 spiro atoms. The molecule has 1 aromatic rings. The Morgan fingerprint density at radius 3 is 2.50 bits per heavy atom. The Bertz CT molecular complexity index is 689. The number of anilines is 1. The van der Waals surface area contributed by atoms with Gasteiger partial charge < -0.3 is 10.2 Å². The first kappa shape index (κ1) is 18.4. The number of hydrogen-bond acceptors (Lipinski definition) is 5. The molecule has 26 heavy (non-hydrogen) atoms. The molecule has 138 valence electrons. The summed E-state index contributed by atoms with van der Waals surface area (Å²) in [6.45, 7) is 6.91. The molecular formula is C19H25N5O2. The Labute approximate surface area is 154 Å². The molecule has 1 atom stereocenters. The first-order valence-electron chi connectivity index (χ1n) is 9.17. The molecule has 2 aliphatic heterocycles. The molecule has 2 amide bonds. The predicted octanol–water partition coefficient (Wildman–Crippen LogP) is 0.417. The van der Waals surface area contributed by atoms with Crippen molar-refractivity contribution in [3.05, 3.63) is 29.8 Å². The van der Waals surface area contributed by atoms with Crippen LogP contribution in [0.5, 0.6) is 0 Å². The zero-order valence-electron chi connectivity index (χ0n) is 15.1. The van der Waals surface area contributed by atoms with Crippen LogP contribution >= 0.6 is 0 Å². The van der Waals surface area contributed by atoms with Crippen LogP contribution in [0.3, 0.4) is 0 Å². The molecule has 3 rings (SSSR count). The number of carbonyl (C=O) groups excluding carboxylic acids is 2. The van der Waals surface area contributed by atoms with Gasteiger partial charge in [0.15, 0.2) is 0 Å². The van der Waals surface area contributed by atoms with Gasteiger partial charge in [0.25, 0.3) is 0 Å². The second-order valence-corrected chi connectivity index (χ2v) is 6.72. The highest BCUT2D eigenvalue weighted by Gasteiger charge is 2.37. The quantitative estimate of drug-likeness (QED) is 0.828. The van der Waals surface area contributed by atoms with Crippen molar-refractivity contribution in [3.8, 4) is 6.07 Å². The van der Waals surface area contributed by atoms with Crippen LogP contribution in [-0.2, 0) is 9.59 Å². The van der Waals surface area contributed by atoms with Gasteiger partial charge in [0.1, 0.15) is 0 Å². The van der Waals surface area contributed by atoms with Gasteiger partial charge in [-0.05, 0) is 37.6 Å². The molecule has 7 nitrogen and oxygen atoms in total.